The van der Waals surface area contributed by atoms with E-state index in [0.29, 0.717) is 16.3 Å². The lowest BCUT2D eigenvalue weighted by atomic mass is 10.0. The van der Waals surface area contributed by atoms with Crippen LogP contribution < -0.4 is 5.32 Å². The highest BCUT2D eigenvalue weighted by molar-refractivity contribution is 6.30. The van der Waals surface area contributed by atoms with Gasteiger partial charge in [-0.15, -0.1) is 0 Å². The van der Waals surface area contributed by atoms with E-state index < -0.39 is 0 Å². The third kappa shape index (κ3) is 2.81. The van der Waals surface area contributed by atoms with Crippen LogP contribution in [0.2, 0.25) is 5.02 Å². The molecule has 1 amide bonds. The van der Waals surface area contributed by atoms with Gasteiger partial charge >= 0.3 is 0 Å². The number of hydrogen-bond donors (Lipinski definition) is 2. The third-order valence-electron chi connectivity index (χ3n) is 2.45. The summed E-state index contributed by atoms with van der Waals surface area (Å²) < 4.78 is 0. The number of halogens is 1. The molecule has 2 rings (SSSR count). The van der Waals surface area contributed by atoms with Crippen molar-refractivity contribution in [3.8, 4) is 16.9 Å². The zero-order chi connectivity index (χ0) is 13.1. The Morgan fingerprint density at radius 2 is 2.00 bits per heavy atom. The quantitative estimate of drug-likeness (QED) is 0.811. The Balaban J connectivity index is 2.46. The molecule has 0 saturated heterocycles. The highest BCUT2D eigenvalue weighted by Crippen LogP contribution is 2.32. The monoisotopic (exact) mass is 261 g/mol. The first-order chi connectivity index (χ1) is 8.56. The molecule has 0 unspecified atom stereocenters. The minimum Gasteiger partial charge on any atom is -0.507 e. The molecule has 0 aliphatic carbocycles. The first kappa shape index (κ1) is 12.5. The van der Waals surface area contributed by atoms with Gasteiger partial charge in [-0.25, -0.2) is 0 Å². The summed E-state index contributed by atoms with van der Waals surface area (Å²) in [4.78, 5) is 11.0. The Labute approximate surface area is 110 Å². The van der Waals surface area contributed by atoms with Crippen LogP contribution in [-0.2, 0) is 4.79 Å². The van der Waals surface area contributed by atoms with Crippen molar-refractivity contribution in [2.45, 2.75) is 6.92 Å². The van der Waals surface area contributed by atoms with Crippen molar-refractivity contribution in [2.24, 2.45) is 0 Å². The molecular formula is C14H12ClNO2. The number of carbonyl (C=O) groups is 1. The molecular weight excluding hydrogens is 250 g/mol. The molecule has 0 atom stereocenters. The molecule has 0 fully saturated rings. The fraction of sp³-hybridized carbons (Fsp3) is 0.0714. The number of phenols is 1. The van der Waals surface area contributed by atoms with E-state index in [-0.39, 0.29) is 11.7 Å². The number of phenolic OH excluding ortho intramolecular Hbond substituents is 1. The van der Waals surface area contributed by atoms with Gasteiger partial charge in [0.25, 0.3) is 0 Å². The van der Waals surface area contributed by atoms with Gasteiger partial charge in [0, 0.05) is 23.2 Å². The maximum absolute atomic E-state index is 11.0. The Kier molecular flexibility index (Phi) is 3.53. The molecule has 0 spiro atoms. The van der Waals surface area contributed by atoms with E-state index in [2.05, 4.69) is 5.32 Å². The lowest BCUT2D eigenvalue weighted by Gasteiger charge is -2.08. The summed E-state index contributed by atoms with van der Waals surface area (Å²) >= 11 is 5.92. The number of aromatic hydroxyl groups is 1. The molecule has 0 bridgehead atoms. The summed E-state index contributed by atoms with van der Waals surface area (Å²) in [6.07, 6.45) is 0. The van der Waals surface area contributed by atoms with Crippen LogP contribution in [0.15, 0.2) is 42.5 Å². The summed E-state index contributed by atoms with van der Waals surface area (Å²) in [5, 5.41) is 13.1. The second-order valence-electron chi connectivity index (χ2n) is 3.92. The van der Waals surface area contributed by atoms with Crippen molar-refractivity contribution in [3.05, 3.63) is 47.5 Å². The second-order valence-corrected chi connectivity index (χ2v) is 4.36. The molecule has 0 aliphatic heterocycles. The first-order valence-electron chi connectivity index (χ1n) is 5.43. The maximum Gasteiger partial charge on any atom is 0.221 e. The highest BCUT2D eigenvalue weighted by atomic mass is 35.5. The lowest BCUT2D eigenvalue weighted by Crippen LogP contribution is -2.05. The average Bonchev–Trinajstić information content (AvgIpc) is 2.31. The Morgan fingerprint density at radius 3 is 2.67 bits per heavy atom. The van der Waals surface area contributed by atoms with Gasteiger partial charge in [-0.3, -0.25) is 4.79 Å². The van der Waals surface area contributed by atoms with E-state index in [9.17, 15) is 9.90 Å². The summed E-state index contributed by atoms with van der Waals surface area (Å²) in [5.74, 6) is -0.0101. The molecule has 2 aromatic carbocycles. The van der Waals surface area contributed by atoms with E-state index in [1.54, 1.807) is 30.3 Å². The van der Waals surface area contributed by atoms with Crippen LogP contribution in [0, 0.1) is 0 Å². The molecule has 2 N–H and O–H groups in total. The molecule has 0 heterocycles. The van der Waals surface area contributed by atoms with E-state index >= 15 is 0 Å². The van der Waals surface area contributed by atoms with Gasteiger partial charge < -0.3 is 10.4 Å². The van der Waals surface area contributed by atoms with Crippen molar-refractivity contribution in [2.75, 3.05) is 5.32 Å². The molecule has 0 aliphatic rings. The van der Waals surface area contributed by atoms with Crippen molar-refractivity contribution in [1.29, 1.82) is 0 Å². The summed E-state index contributed by atoms with van der Waals surface area (Å²) in [6.45, 7) is 1.44. The minimum absolute atomic E-state index is 0.145. The highest BCUT2D eigenvalue weighted by Gasteiger charge is 2.06. The van der Waals surface area contributed by atoms with Gasteiger partial charge in [-0.05, 0) is 35.9 Å². The molecule has 4 heteroatoms. The molecule has 18 heavy (non-hydrogen) atoms. The zero-order valence-electron chi connectivity index (χ0n) is 9.77. The number of hydrogen-bond acceptors (Lipinski definition) is 2. The van der Waals surface area contributed by atoms with Gasteiger partial charge in [0.2, 0.25) is 5.91 Å². The minimum atomic E-state index is -0.155. The van der Waals surface area contributed by atoms with Crippen LogP contribution in [0.1, 0.15) is 6.92 Å². The molecule has 92 valence electrons. The Bertz CT molecular complexity index is 596. The summed E-state index contributed by atoms with van der Waals surface area (Å²) in [5.41, 5.74) is 2.06. The van der Waals surface area contributed by atoms with Gasteiger partial charge in [0.05, 0.1) is 0 Å². The van der Waals surface area contributed by atoms with Crippen LogP contribution in [-0.4, -0.2) is 11.0 Å². The number of rotatable bonds is 2. The second kappa shape index (κ2) is 5.10. The van der Waals surface area contributed by atoms with Gasteiger partial charge in [-0.2, -0.15) is 0 Å². The number of benzene rings is 2. The average molecular weight is 262 g/mol. The summed E-state index contributed by atoms with van der Waals surface area (Å²) in [6, 6.07) is 12.1. The van der Waals surface area contributed by atoms with E-state index in [4.69, 9.17) is 11.6 Å². The molecule has 0 aromatic heterocycles. The smallest absolute Gasteiger partial charge is 0.221 e. The van der Waals surface area contributed by atoms with E-state index in [1.807, 2.05) is 12.1 Å². The third-order valence-corrected chi connectivity index (χ3v) is 2.69. The fourth-order valence-electron chi connectivity index (χ4n) is 1.70. The summed E-state index contributed by atoms with van der Waals surface area (Å²) in [7, 11) is 0. The number of amides is 1. The van der Waals surface area contributed by atoms with Gasteiger partial charge in [0.15, 0.2) is 0 Å². The van der Waals surface area contributed by atoms with Crippen LogP contribution in [0.5, 0.6) is 5.75 Å². The normalized spacial score (nSPS) is 10.1. The number of nitrogens with one attached hydrogen (secondary N) is 1. The van der Waals surface area contributed by atoms with Crippen LogP contribution in [0.25, 0.3) is 11.1 Å². The number of anilines is 1. The van der Waals surface area contributed by atoms with Crippen molar-refractivity contribution >= 4 is 23.2 Å². The molecule has 0 radical (unpaired) electrons. The van der Waals surface area contributed by atoms with Crippen LogP contribution in [0.3, 0.4) is 0 Å². The lowest BCUT2D eigenvalue weighted by molar-refractivity contribution is -0.114. The maximum atomic E-state index is 11.0. The zero-order valence-corrected chi connectivity index (χ0v) is 10.5. The van der Waals surface area contributed by atoms with Crippen LogP contribution >= 0.6 is 11.6 Å². The predicted molar refractivity (Wildman–Crippen MR) is 72.9 cm³/mol. The number of carbonyl (C=O) groups excluding carboxylic acids is 1. The Hall–Kier alpha value is -2.00. The van der Waals surface area contributed by atoms with Crippen molar-refractivity contribution < 1.29 is 9.90 Å². The topological polar surface area (TPSA) is 49.3 Å². The molecule has 3 nitrogen and oxygen atoms in total. The van der Waals surface area contributed by atoms with Crippen molar-refractivity contribution in [3.63, 3.8) is 0 Å². The largest absolute Gasteiger partial charge is 0.507 e. The van der Waals surface area contributed by atoms with Gasteiger partial charge in [0.1, 0.15) is 5.75 Å². The Morgan fingerprint density at radius 1 is 1.22 bits per heavy atom. The standard InChI is InChI=1S/C14H12ClNO2/c1-9(17)16-12-5-6-14(18)13(8-12)10-3-2-4-11(15)7-10/h2-8,18H,1H3,(H,16,17). The van der Waals surface area contributed by atoms with Gasteiger partial charge in [-0.1, -0.05) is 23.7 Å². The SMILES string of the molecule is CC(=O)Nc1ccc(O)c(-c2cccc(Cl)c2)c1. The predicted octanol–water partition coefficient (Wildman–Crippen LogP) is 3.67. The van der Waals surface area contributed by atoms with Crippen molar-refractivity contribution in [1.82, 2.24) is 0 Å². The fourth-order valence-corrected chi connectivity index (χ4v) is 1.89. The van der Waals surface area contributed by atoms with E-state index in [0.717, 1.165) is 5.56 Å². The first-order valence-corrected chi connectivity index (χ1v) is 5.80. The molecule has 2 aromatic rings. The van der Waals surface area contributed by atoms with Crippen LogP contribution in [0.4, 0.5) is 5.69 Å². The van der Waals surface area contributed by atoms with E-state index in [1.165, 1.54) is 6.92 Å². The molecule has 0 saturated carbocycles.